The van der Waals surface area contributed by atoms with E-state index >= 15 is 0 Å². The van der Waals surface area contributed by atoms with Crippen LogP contribution in [0.25, 0.3) is 0 Å². The molecule has 0 saturated carbocycles. The fourth-order valence-electron chi connectivity index (χ4n) is 2.87. The van der Waals surface area contributed by atoms with Crippen LogP contribution < -0.4 is 0 Å². The molecule has 0 atom stereocenters. The molecule has 3 aliphatic rings. The first-order valence-corrected chi connectivity index (χ1v) is 7.29. The van der Waals surface area contributed by atoms with Crippen LogP contribution in [0.4, 0.5) is 0 Å². The van der Waals surface area contributed by atoms with Crippen molar-refractivity contribution < 1.29 is 0 Å². The zero-order valence-corrected chi connectivity index (χ0v) is 10.5. The molecule has 3 nitrogen and oxygen atoms in total. The maximum Gasteiger partial charge on any atom is 0.144 e. The highest BCUT2D eigenvalue weighted by Crippen LogP contribution is 2.63. The van der Waals surface area contributed by atoms with Gasteiger partial charge in [0.2, 0.25) is 0 Å². The minimum atomic E-state index is -1.51. The Labute approximate surface area is 85.9 Å². The van der Waals surface area contributed by atoms with Gasteiger partial charge in [0.1, 0.15) is 6.49 Å². The molecular weight excluding hydrogens is 201 g/mol. The molecule has 5 heteroatoms. The van der Waals surface area contributed by atoms with Gasteiger partial charge in [-0.05, 0) is 32.9 Å². The van der Waals surface area contributed by atoms with Gasteiger partial charge < -0.3 is 0 Å². The Balaban J connectivity index is 2.42. The third kappa shape index (κ3) is 1.24. The van der Waals surface area contributed by atoms with E-state index < -0.39 is 6.49 Å². The second-order valence-electron chi connectivity index (χ2n) is 4.77. The van der Waals surface area contributed by atoms with Gasteiger partial charge in [0.15, 0.2) is 0 Å². The summed E-state index contributed by atoms with van der Waals surface area (Å²) >= 11 is 5.80. The number of hydrogen-bond donors (Lipinski definition) is 0. The van der Waals surface area contributed by atoms with E-state index in [2.05, 4.69) is 42.1 Å². The Bertz CT molecular complexity index is 240. The van der Waals surface area contributed by atoms with Crippen molar-refractivity contribution in [1.29, 1.82) is 0 Å². The van der Waals surface area contributed by atoms with Crippen molar-refractivity contribution in [2.24, 2.45) is 5.41 Å². The van der Waals surface area contributed by atoms with Gasteiger partial charge in [-0.2, -0.15) is 0 Å². The molecule has 0 aromatic heterocycles. The molecule has 0 aliphatic carbocycles. The lowest BCUT2D eigenvalue weighted by atomic mass is 9.90. The Morgan fingerprint density at radius 1 is 1.00 bits per heavy atom. The summed E-state index contributed by atoms with van der Waals surface area (Å²) in [6, 6.07) is 0. The molecule has 0 aromatic carbocycles. The topological polar surface area (TPSA) is 9.72 Å². The van der Waals surface area contributed by atoms with Gasteiger partial charge in [0.05, 0.1) is 0 Å². The van der Waals surface area contributed by atoms with E-state index in [4.69, 9.17) is 11.8 Å². The normalized spacial score (nSPS) is 48.6. The van der Waals surface area contributed by atoms with Crippen LogP contribution in [0.15, 0.2) is 0 Å². The van der Waals surface area contributed by atoms with Crippen molar-refractivity contribution in [2.75, 3.05) is 40.8 Å². The number of rotatable bonds is 0. The van der Waals surface area contributed by atoms with Crippen LogP contribution in [0.2, 0.25) is 0 Å². The predicted octanol–water partition coefficient (Wildman–Crippen LogP) is 1.04. The molecule has 2 bridgehead atoms. The van der Waals surface area contributed by atoms with Gasteiger partial charge >= 0.3 is 0 Å². The van der Waals surface area contributed by atoms with Crippen molar-refractivity contribution in [2.45, 2.75) is 6.92 Å². The molecule has 0 radical (unpaired) electrons. The lowest BCUT2D eigenvalue weighted by molar-refractivity contribution is 0.101. The zero-order chi connectivity index (χ0) is 9.85. The van der Waals surface area contributed by atoms with E-state index in [1.54, 1.807) is 0 Å². The minimum Gasteiger partial charge on any atom is -0.254 e. The monoisotopic (exact) mass is 219 g/mol. The maximum absolute atomic E-state index is 5.80. The van der Waals surface area contributed by atoms with Crippen LogP contribution in [-0.2, 0) is 11.8 Å². The highest BCUT2D eigenvalue weighted by Gasteiger charge is 2.50. The van der Waals surface area contributed by atoms with Crippen LogP contribution in [0, 0.1) is 5.41 Å². The quantitative estimate of drug-likeness (QED) is 0.563. The summed E-state index contributed by atoms with van der Waals surface area (Å²) in [5.41, 5.74) is 0.415. The third-order valence-corrected chi connectivity index (χ3v) is 8.77. The van der Waals surface area contributed by atoms with Crippen LogP contribution in [0.3, 0.4) is 0 Å². The highest BCUT2D eigenvalue weighted by atomic mass is 32.4. The second kappa shape index (κ2) is 2.77. The summed E-state index contributed by atoms with van der Waals surface area (Å²) in [6.07, 6.45) is 0. The van der Waals surface area contributed by atoms with Gasteiger partial charge in [-0.3, -0.25) is 14.0 Å². The van der Waals surface area contributed by atoms with Crippen LogP contribution in [-0.4, -0.2) is 54.8 Å². The molecule has 3 rings (SSSR count). The van der Waals surface area contributed by atoms with Crippen LogP contribution in [0.5, 0.6) is 0 Å². The maximum atomic E-state index is 5.80. The Kier molecular flexibility index (Phi) is 2.14. The molecule has 0 amide bonds. The molecule has 3 heterocycles. The number of nitrogens with zero attached hydrogens (tertiary/aromatic N) is 3. The van der Waals surface area contributed by atoms with Gasteiger partial charge in [-0.1, -0.05) is 6.92 Å². The van der Waals surface area contributed by atoms with Gasteiger partial charge in [0.25, 0.3) is 0 Å². The van der Waals surface area contributed by atoms with Gasteiger partial charge in [0, 0.05) is 25.0 Å². The first-order chi connectivity index (χ1) is 5.88. The minimum absolute atomic E-state index is 0.415. The Morgan fingerprint density at radius 3 is 1.62 bits per heavy atom. The van der Waals surface area contributed by atoms with Crippen molar-refractivity contribution in [3.63, 3.8) is 0 Å². The smallest absolute Gasteiger partial charge is 0.144 e. The number of hydrogen-bond acceptors (Lipinski definition) is 1. The van der Waals surface area contributed by atoms with Crippen molar-refractivity contribution in [3.05, 3.63) is 0 Å². The predicted molar refractivity (Wildman–Crippen MR) is 60.3 cm³/mol. The fraction of sp³-hybridized carbons (Fsp3) is 1.00. The van der Waals surface area contributed by atoms with E-state index in [0.29, 0.717) is 5.41 Å². The van der Waals surface area contributed by atoms with E-state index in [9.17, 15) is 0 Å². The lowest BCUT2D eigenvalue weighted by Gasteiger charge is -2.60. The summed E-state index contributed by atoms with van der Waals surface area (Å²) in [6.45, 7) is 4.34. The molecule has 0 unspecified atom stereocenters. The SMILES string of the molecule is CN1CC2(C)CN(C)P1(=S)N(C)C2. The van der Waals surface area contributed by atoms with Gasteiger partial charge in [-0.25, -0.2) is 0 Å². The summed E-state index contributed by atoms with van der Waals surface area (Å²) in [4.78, 5) is 0. The van der Waals surface area contributed by atoms with E-state index in [-0.39, 0.29) is 0 Å². The summed E-state index contributed by atoms with van der Waals surface area (Å²) < 4.78 is 7.15. The van der Waals surface area contributed by atoms with E-state index in [1.807, 2.05) is 0 Å². The zero-order valence-electron chi connectivity index (χ0n) is 8.82. The summed E-state index contributed by atoms with van der Waals surface area (Å²) in [7, 11) is 6.51. The summed E-state index contributed by atoms with van der Waals surface area (Å²) in [5, 5.41) is 0. The van der Waals surface area contributed by atoms with Crippen LogP contribution >= 0.6 is 6.49 Å². The Hall–Kier alpha value is 0.530. The summed E-state index contributed by atoms with van der Waals surface area (Å²) in [5.74, 6) is 0. The molecule has 76 valence electrons. The van der Waals surface area contributed by atoms with Crippen molar-refractivity contribution in [1.82, 2.24) is 14.0 Å². The average Bonchev–Trinajstić information content (AvgIpc) is 1.96. The van der Waals surface area contributed by atoms with Crippen molar-refractivity contribution in [3.8, 4) is 0 Å². The first-order valence-electron chi connectivity index (χ1n) is 4.63. The molecule has 3 fully saturated rings. The molecule has 3 aliphatic heterocycles. The lowest BCUT2D eigenvalue weighted by Crippen LogP contribution is -2.60. The molecule has 0 aromatic rings. The molecule has 3 saturated heterocycles. The number of fused-ring (bicyclic) bond motifs is 3. The molecule has 13 heavy (non-hydrogen) atoms. The van der Waals surface area contributed by atoms with E-state index in [1.165, 1.54) is 19.6 Å². The molecule has 0 spiro atoms. The standard InChI is InChI=1S/C8H18N3PS/c1-8-5-9(2)12(13,10(3)6-8)11(4)7-8/h5-7H2,1-4H3. The van der Waals surface area contributed by atoms with E-state index in [0.717, 1.165) is 0 Å². The Morgan fingerprint density at radius 2 is 1.31 bits per heavy atom. The largest absolute Gasteiger partial charge is 0.254 e. The third-order valence-electron chi connectivity index (χ3n) is 3.17. The highest BCUT2D eigenvalue weighted by molar-refractivity contribution is 8.11. The average molecular weight is 219 g/mol. The molecule has 0 N–H and O–H groups in total. The van der Waals surface area contributed by atoms with Crippen molar-refractivity contribution >= 4 is 18.3 Å². The second-order valence-corrected chi connectivity index (χ2v) is 9.32. The first kappa shape index (κ1) is 10.1. The fourth-order valence-corrected chi connectivity index (χ4v) is 6.53. The van der Waals surface area contributed by atoms with Gasteiger partial charge in [-0.15, -0.1) is 0 Å². The van der Waals surface area contributed by atoms with Crippen LogP contribution in [0.1, 0.15) is 6.92 Å². The molecular formula is C8H18N3PS.